The molecule has 0 bridgehead atoms. The molecule has 0 radical (unpaired) electrons. The molecule has 0 saturated carbocycles. The molecule has 5 nitrogen and oxygen atoms in total. The van der Waals surface area contributed by atoms with Crippen LogP contribution < -0.4 is 14.4 Å². The SMILES string of the molecule is C=CCCC1CN(c2ccccc2)c2cc(Br)c(OC)cc2S(=O)(=O)N1. The van der Waals surface area contributed by atoms with Gasteiger partial charge in [0.05, 0.1) is 17.3 Å². The highest BCUT2D eigenvalue weighted by Crippen LogP contribution is 2.40. The van der Waals surface area contributed by atoms with E-state index < -0.39 is 10.0 Å². The van der Waals surface area contributed by atoms with E-state index in [0.717, 1.165) is 12.1 Å². The second kappa shape index (κ2) is 7.82. The number of anilines is 2. The maximum absolute atomic E-state index is 13.0. The number of rotatable bonds is 5. The van der Waals surface area contributed by atoms with Crippen LogP contribution in [0.2, 0.25) is 0 Å². The fourth-order valence-electron chi connectivity index (χ4n) is 3.07. The minimum Gasteiger partial charge on any atom is -0.496 e. The van der Waals surface area contributed by atoms with Gasteiger partial charge in [0, 0.05) is 24.3 Å². The minimum absolute atomic E-state index is 0.211. The van der Waals surface area contributed by atoms with Gasteiger partial charge in [-0.25, -0.2) is 13.1 Å². The first kappa shape index (κ1) is 18.9. The van der Waals surface area contributed by atoms with Crippen LogP contribution in [0, 0.1) is 0 Å². The van der Waals surface area contributed by atoms with E-state index in [2.05, 4.69) is 27.2 Å². The number of hydrogen-bond donors (Lipinski definition) is 1. The van der Waals surface area contributed by atoms with Gasteiger partial charge in [0.25, 0.3) is 0 Å². The zero-order valence-electron chi connectivity index (χ0n) is 14.5. The van der Waals surface area contributed by atoms with Crippen LogP contribution in [0.1, 0.15) is 12.8 Å². The van der Waals surface area contributed by atoms with Crippen LogP contribution in [-0.2, 0) is 10.0 Å². The summed E-state index contributed by atoms with van der Waals surface area (Å²) in [6.45, 7) is 4.27. The van der Waals surface area contributed by atoms with Crippen molar-refractivity contribution in [1.29, 1.82) is 0 Å². The monoisotopic (exact) mass is 436 g/mol. The molecule has 2 aromatic carbocycles. The van der Waals surface area contributed by atoms with Crippen molar-refractivity contribution in [3.8, 4) is 5.75 Å². The van der Waals surface area contributed by atoms with E-state index in [9.17, 15) is 8.42 Å². The van der Waals surface area contributed by atoms with Gasteiger partial charge in [0.1, 0.15) is 10.6 Å². The summed E-state index contributed by atoms with van der Waals surface area (Å²) in [4.78, 5) is 2.24. The molecular weight excluding hydrogens is 416 g/mol. The van der Waals surface area contributed by atoms with Crippen LogP contribution >= 0.6 is 15.9 Å². The second-order valence-electron chi connectivity index (χ2n) is 6.08. The lowest BCUT2D eigenvalue weighted by Crippen LogP contribution is -2.39. The normalized spacial score (nSPS) is 18.7. The highest BCUT2D eigenvalue weighted by Gasteiger charge is 2.32. The van der Waals surface area contributed by atoms with Crippen LogP contribution in [0.3, 0.4) is 0 Å². The number of hydrogen-bond acceptors (Lipinski definition) is 4. The van der Waals surface area contributed by atoms with Crippen molar-refractivity contribution in [1.82, 2.24) is 4.72 Å². The van der Waals surface area contributed by atoms with Gasteiger partial charge >= 0.3 is 0 Å². The first-order chi connectivity index (χ1) is 12.5. The number of benzene rings is 2. The Balaban J connectivity index is 2.18. The zero-order chi connectivity index (χ0) is 18.7. The van der Waals surface area contributed by atoms with Crippen molar-refractivity contribution in [2.75, 3.05) is 18.6 Å². The number of fused-ring (bicyclic) bond motifs is 1. The third-order valence-electron chi connectivity index (χ3n) is 4.33. The Hall–Kier alpha value is -1.83. The molecule has 2 aromatic rings. The zero-order valence-corrected chi connectivity index (χ0v) is 16.9. The molecule has 1 aliphatic heterocycles. The largest absolute Gasteiger partial charge is 0.496 e. The van der Waals surface area contributed by atoms with Gasteiger partial charge in [-0.3, -0.25) is 0 Å². The molecule has 1 N–H and O–H groups in total. The summed E-state index contributed by atoms with van der Waals surface area (Å²) >= 11 is 3.48. The Morgan fingerprint density at radius 3 is 2.73 bits per heavy atom. The summed E-state index contributed by atoms with van der Waals surface area (Å²) in [5.74, 6) is 0.478. The number of para-hydroxylation sites is 1. The maximum atomic E-state index is 13.0. The Labute approximate surface area is 162 Å². The smallest absolute Gasteiger partial charge is 0.243 e. The highest BCUT2D eigenvalue weighted by atomic mass is 79.9. The lowest BCUT2D eigenvalue weighted by atomic mass is 10.1. The number of halogens is 1. The maximum Gasteiger partial charge on any atom is 0.243 e. The number of nitrogens with zero attached hydrogens (tertiary/aromatic N) is 1. The van der Waals surface area contributed by atoms with E-state index >= 15 is 0 Å². The number of allylic oxidation sites excluding steroid dienone is 1. The molecule has 26 heavy (non-hydrogen) atoms. The molecule has 0 amide bonds. The van der Waals surface area contributed by atoms with E-state index in [1.165, 1.54) is 7.11 Å². The van der Waals surface area contributed by atoms with Gasteiger partial charge in [-0.2, -0.15) is 0 Å². The van der Waals surface area contributed by atoms with Crippen molar-refractivity contribution in [3.05, 3.63) is 59.6 Å². The number of methoxy groups -OCH3 is 1. The van der Waals surface area contributed by atoms with E-state index in [1.807, 2.05) is 35.2 Å². The van der Waals surface area contributed by atoms with Gasteiger partial charge in [-0.05, 0) is 47.0 Å². The molecule has 1 aliphatic rings. The third-order valence-corrected chi connectivity index (χ3v) is 6.49. The lowest BCUT2D eigenvalue weighted by molar-refractivity contribution is 0.411. The average Bonchev–Trinajstić information content (AvgIpc) is 2.74. The first-order valence-corrected chi connectivity index (χ1v) is 10.6. The van der Waals surface area contributed by atoms with E-state index in [0.29, 0.717) is 28.9 Å². The Bertz CT molecular complexity index is 901. The fraction of sp³-hybridized carbons (Fsp3) is 0.263. The van der Waals surface area contributed by atoms with Gasteiger partial charge in [0.2, 0.25) is 10.0 Å². The standard InChI is InChI=1S/C19H21BrN2O3S/c1-3-4-8-14-13-22(15-9-6-5-7-10-15)17-11-16(20)18(25-2)12-19(17)26(23,24)21-14/h3,5-7,9-12,14,21H,1,4,8,13H2,2H3. The molecule has 0 aromatic heterocycles. The van der Waals surface area contributed by atoms with Crippen LogP contribution in [0.5, 0.6) is 5.75 Å². The average molecular weight is 437 g/mol. The van der Waals surface area contributed by atoms with Crippen LogP contribution in [-0.4, -0.2) is 28.1 Å². The molecule has 1 atom stereocenters. The summed E-state index contributed by atoms with van der Waals surface area (Å²) in [6, 6.07) is 12.9. The highest BCUT2D eigenvalue weighted by molar-refractivity contribution is 9.10. The van der Waals surface area contributed by atoms with Crippen molar-refractivity contribution in [3.63, 3.8) is 0 Å². The van der Waals surface area contributed by atoms with E-state index in [4.69, 9.17) is 4.74 Å². The van der Waals surface area contributed by atoms with Gasteiger partial charge in [0.15, 0.2) is 0 Å². The third kappa shape index (κ3) is 3.79. The van der Waals surface area contributed by atoms with E-state index in [1.54, 1.807) is 18.2 Å². The summed E-state index contributed by atoms with van der Waals surface area (Å²) in [7, 11) is -2.16. The minimum atomic E-state index is -3.68. The fourth-order valence-corrected chi connectivity index (χ4v) is 5.03. The van der Waals surface area contributed by atoms with Crippen molar-refractivity contribution in [2.45, 2.75) is 23.8 Å². The second-order valence-corrected chi connectivity index (χ2v) is 8.62. The number of sulfonamides is 1. The van der Waals surface area contributed by atoms with Gasteiger partial charge < -0.3 is 9.64 Å². The summed E-state index contributed by atoms with van der Waals surface area (Å²) < 4.78 is 34.8. The summed E-state index contributed by atoms with van der Waals surface area (Å²) in [6.07, 6.45) is 3.22. The predicted molar refractivity (Wildman–Crippen MR) is 108 cm³/mol. The Morgan fingerprint density at radius 2 is 2.08 bits per heavy atom. The van der Waals surface area contributed by atoms with Gasteiger partial charge in [-0.15, -0.1) is 6.58 Å². The number of nitrogens with one attached hydrogen (secondary N) is 1. The molecule has 0 fully saturated rings. The molecule has 3 rings (SSSR count). The quantitative estimate of drug-likeness (QED) is 0.712. The van der Waals surface area contributed by atoms with Crippen molar-refractivity contribution in [2.24, 2.45) is 0 Å². The lowest BCUT2D eigenvalue weighted by Gasteiger charge is -2.27. The number of ether oxygens (including phenoxy) is 1. The van der Waals surface area contributed by atoms with Crippen LogP contribution in [0.25, 0.3) is 0 Å². The molecule has 0 spiro atoms. The molecule has 0 saturated heterocycles. The summed E-state index contributed by atoms with van der Waals surface area (Å²) in [5, 5.41) is 0. The van der Waals surface area contributed by atoms with Crippen molar-refractivity contribution < 1.29 is 13.2 Å². The van der Waals surface area contributed by atoms with Crippen molar-refractivity contribution >= 4 is 37.3 Å². The topological polar surface area (TPSA) is 58.6 Å². The summed E-state index contributed by atoms with van der Waals surface area (Å²) in [5.41, 5.74) is 1.56. The van der Waals surface area contributed by atoms with Crippen LogP contribution in [0.15, 0.2) is 64.5 Å². The molecular formula is C19H21BrN2O3S. The molecule has 1 heterocycles. The van der Waals surface area contributed by atoms with E-state index in [-0.39, 0.29) is 10.9 Å². The Morgan fingerprint density at radius 1 is 1.35 bits per heavy atom. The molecule has 138 valence electrons. The molecule has 0 aliphatic carbocycles. The predicted octanol–water partition coefficient (Wildman–Crippen LogP) is 4.22. The molecule has 7 heteroatoms. The van der Waals surface area contributed by atoms with Crippen LogP contribution in [0.4, 0.5) is 11.4 Å². The molecule has 1 unspecified atom stereocenters. The Kier molecular flexibility index (Phi) is 5.70. The van der Waals surface area contributed by atoms with Gasteiger partial charge in [-0.1, -0.05) is 24.3 Å². The first-order valence-electron chi connectivity index (χ1n) is 8.29.